The first kappa shape index (κ1) is 19.6. The van der Waals surface area contributed by atoms with Gasteiger partial charge in [-0.15, -0.1) is 11.3 Å². The minimum absolute atomic E-state index is 0.0974. The molecule has 5 rings (SSSR count). The van der Waals surface area contributed by atoms with Crippen molar-refractivity contribution in [3.63, 3.8) is 0 Å². The van der Waals surface area contributed by atoms with Crippen molar-refractivity contribution < 1.29 is 9.21 Å². The number of thiophene rings is 1. The number of hydrogen-bond acceptors (Lipinski definition) is 5. The molecule has 152 valence electrons. The molecule has 3 heterocycles. The number of nitrogens with two attached hydrogens (primary N) is 1. The number of guanidine groups is 1. The van der Waals surface area contributed by atoms with Gasteiger partial charge in [0.2, 0.25) is 5.91 Å². The highest BCUT2D eigenvalue weighted by molar-refractivity contribution is 7.10. The molecule has 4 aromatic rings. The summed E-state index contributed by atoms with van der Waals surface area (Å²) in [4.78, 5) is 20.6. The van der Waals surface area contributed by atoms with Crippen LogP contribution in [-0.4, -0.2) is 31.7 Å². The maximum absolute atomic E-state index is 13.4. The number of nitrogens with zero attached hydrogens (tertiary/aromatic N) is 2. The number of aliphatic imine (C=N–C) groups is 1. The zero-order chi connectivity index (χ0) is 21.8. The van der Waals surface area contributed by atoms with Gasteiger partial charge in [-0.05, 0) is 47.2 Å². The van der Waals surface area contributed by atoms with Crippen LogP contribution in [0.5, 0.6) is 0 Å². The van der Waals surface area contributed by atoms with Crippen LogP contribution >= 0.6 is 11.3 Å². The fourth-order valence-electron chi connectivity index (χ4n) is 4.21. The SMILES string of the molecule is [B]c1cccc(-c2csc([C@@]3(C)N=C(N)N(C)C(=O)[C@@H]3c3ccc4ccoc4c3)c2)c1. The van der Waals surface area contributed by atoms with Crippen molar-refractivity contribution in [2.75, 3.05) is 7.05 Å². The van der Waals surface area contributed by atoms with E-state index >= 15 is 0 Å². The summed E-state index contributed by atoms with van der Waals surface area (Å²) in [5, 5.41) is 3.06. The van der Waals surface area contributed by atoms with Crippen molar-refractivity contribution in [2.24, 2.45) is 10.7 Å². The topological polar surface area (TPSA) is 71.8 Å². The zero-order valence-corrected chi connectivity index (χ0v) is 18.0. The molecule has 2 aromatic carbocycles. The first-order valence-corrected chi connectivity index (χ1v) is 10.8. The fraction of sp³-hybridized carbons (Fsp3) is 0.167. The molecule has 0 spiro atoms. The first-order chi connectivity index (χ1) is 14.9. The number of amides is 1. The van der Waals surface area contributed by atoms with Crippen LogP contribution in [-0.2, 0) is 10.3 Å². The largest absolute Gasteiger partial charge is 0.464 e. The van der Waals surface area contributed by atoms with Crippen molar-refractivity contribution in [1.82, 2.24) is 4.90 Å². The van der Waals surface area contributed by atoms with E-state index in [0.717, 1.165) is 32.5 Å². The molecule has 1 aliphatic heterocycles. The summed E-state index contributed by atoms with van der Waals surface area (Å²) >= 11 is 1.57. The summed E-state index contributed by atoms with van der Waals surface area (Å²) in [5.74, 6) is -0.423. The third-order valence-corrected chi connectivity index (χ3v) is 7.12. The smallest absolute Gasteiger partial charge is 0.239 e. The van der Waals surface area contributed by atoms with E-state index in [2.05, 4.69) is 11.4 Å². The minimum Gasteiger partial charge on any atom is -0.464 e. The molecule has 1 amide bonds. The lowest BCUT2D eigenvalue weighted by Gasteiger charge is -2.40. The molecule has 0 saturated carbocycles. The molecule has 0 aliphatic carbocycles. The van der Waals surface area contributed by atoms with E-state index in [1.807, 2.05) is 55.5 Å². The highest BCUT2D eigenvalue weighted by Crippen LogP contribution is 2.47. The Hall–Kier alpha value is -3.32. The lowest BCUT2D eigenvalue weighted by atomic mass is 9.77. The van der Waals surface area contributed by atoms with Crippen LogP contribution in [0, 0.1) is 0 Å². The van der Waals surface area contributed by atoms with Crippen LogP contribution in [0.3, 0.4) is 0 Å². The summed E-state index contributed by atoms with van der Waals surface area (Å²) in [6, 6.07) is 17.6. The maximum atomic E-state index is 13.4. The van der Waals surface area contributed by atoms with Gasteiger partial charge in [-0.25, -0.2) is 4.99 Å². The predicted molar refractivity (Wildman–Crippen MR) is 126 cm³/mol. The average molecular weight is 425 g/mol. The van der Waals surface area contributed by atoms with Crippen LogP contribution in [0.15, 0.2) is 75.7 Å². The van der Waals surface area contributed by atoms with E-state index in [0.29, 0.717) is 5.46 Å². The molecule has 0 saturated heterocycles. The van der Waals surface area contributed by atoms with E-state index in [9.17, 15) is 4.79 Å². The Morgan fingerprint density at radius 2 is 2.00 bits per heavy atom. The monoisotopic (exact) mass is 425 g/mol. The minimum atomic E-state index is -0.850. The number of fused-ring (bicyclic) bond motifs is 1. The van der Waals surface area contributed by atoms with Gasteiger partial charge in [-0.3, -0.25) is 9.69 Å². The molecule has 0 fully saturated rings. The quantitative estimate of drug-likeness (QED) is 0.509. The molecule has 0 unspecified atom stereocenters. The Labute approximate surface area is 185 Å². The van der Waals surface area contributed by atoms with Crippen molar-refractivity contribution >= 4 is 47.5 Å². The van der Waals surface area contributed by atoms with Crippen LogP contribution in [0.25, 0.3) is 22.1 Å². The molecule has 2 radical (unpaired) electrons. The highest BCUT2D eigenvalue weighted by atomic mass is 32.1. The van der Waals surface area contributed by atoms with Crippen molar-refractivity contribution in [3.8, 4) is 11.1 Å². The van der Waals surface area contributed by atoms with Crippen LogP contribution in [0.4, 0.5) is 0 Å². The zero-order valence-electron chi connectivity index (χ0n) is 17.2. The number of hydrogen-bond donors (Lipinski definition) is 1. The van der Waals surface area contributed by atoms with Crippen LogP contribution in [0.1, 0.15) is 23.3 Å². The van der Waals surface area contributed by atoms with Crippen LogP contribution < -0.4 is 11.2 Å². The summed E-state index contributed by atoms with van der Waals surface area (Å²) in [6.07, 6.45) is 1.65. The normalized spacial score (nSPS) is 21.5. The number of likely N-dealkylation sites (N-methyl/N-ethyl adjacent to an activating group) is 1. The molecule has 7 heteroatoms. The lowest BCUT2D eigenvalue weighted by molar-refractivity contribution is -0.130. The number of furan rings is 1. The van der Waals surface area contributed by atoms with Gasteiger partial charge in [0.25, 0.3) is 0 Å². The number of carbonyl (C=O) groups is 1. The van der Waals surface area contributed by atoms with E-state index in [4.69, 9.17) is 23.0 Å². The summed E-state index contributed by atoms with van der Waals surface area (Å²) in [5.41, 5.74) is 9.66. The second-order valence-electron chi connectivity index (χ2n) is 7.99. The Morgan fingerprint density at radius 3 is 2.81 bits per heavy atom. The molecule has 2 N–H and O–H groups in total. The number of benzene rings is 2. The first-order valence-electron chi connectivity index (χ1n) is 9.92. The second kappa shape index (κ2) is 7.13. The summed E-state index contributed by atoms with van der Waals surface area (Å²) < 4.78 is 5.58. The van der Waals surface area contributed by atoms with E-state index < -0.39 is 11.5 Å². The Bertz CT molecular complexity index is 1340. The maximum Gasteiger partial charge on any atom is 0.239 e. The Morgan fingerprint density at radius 1 is 1.16 bits per heavy atom. The van der Waals surface area contributed by atoms with Gasteiger partial charge in [0.15, 0.2) is 5.96 Å². The molecule has 0 bridgehead atoms. The molecule has 1 aliphatic rings. The van der Waals surface area contributed by atoms with Gasteiger partial charge >= 0.3 is 0 Å². The lowest BCUT2D eigenvalue weighted by Crippen LogP contribution is -2.52. The molecular formula is C24H20BN3O2S. The van der Waals surface area contributed by atoms with Gasteiger partial charge in [0.05, 0.1) is 12.2 Å². The highest BCUT2D eigenvalue weighted by Gasteiger charge is 2.48. The van der Waals surface area contributed by atoms with E-state index in [-0.39, 0.29) is 11.9 Å². The van der Waals surface area contributed by atoms with Gasteiger partial charge in [-0.2, -0.15) is 0 Å². The van der Waals surface area contributed by atoms with E-state index in [1.165, 1.54) is 4.90 Å². The van der Waals surface area contributed by atoms with Crippen molar-refractivity contribution in [2.45, 2.75) is 18.4 Å². The summed E-state index contributed by atoms with van der Waals surface area (Å²) in [7, 11) is 7.62. The average Bonchev–Trinajstić information content (AvgIpc) is 3.42. The molecule has 2 aromatic heterocycles. The van der Waals surface area contributed by atoms with Gasteiger partial charge < -0.3 is 10.2 Å². The predicted octanol–water partition coefficient (Wildman–Crippen LogP) is 3.74. The Kier molecular flexibility index (Phi) is 4.52. The van der Waals surface area contributed by atoms with Gasteiger partial charge in [0, 0.05) is 17.3 Å². The van der Waals surface area contributed by atoms with Crippen molar-refractivity contribution in [1.29, 1.82) is 0 Å². The third kappa shape index (κ3) is 3.16. The molecule has 31 heavy (non-hydrogen) atoms. The number of carbonyl (C=O) groups excluding carboxylic acids is 1. The van der Waals surface area contributed by atoms with E-state index in [1.54, 1.807) is 24.6 Å². The second-order valence-corrected chi connectivity index (χ2v) is 8.90. The third-order valence-electron chi connectivity index (χ3n) is 5.96. The molecule has 5 nitrogen and oxygen atoms in total. The van der Waals surface area contributed by atoms with Gasteiger partial charge in [0.1, 0.15) is 19.0 Å². The Balaban J connectivity index is 1.65. The standard InChI is InChI=1S/C24H20BN3O2S/c1-24(20-12-17(13-31-20)15-4-3-5-18(25)10-15)21(22(29)28(2)23(26)27-24)16-7-6-14-8-9-30-19(14)11-16/h3-13,21H,1-2H3,(H2,26,27)/t21-,24+/m0/s1. The van der Waals surface area contributed by atoms with Crippen molar-refractivity contribution in [3.05, 3.63) is 76.7 Å². The summed E-state index contributed by atoms with van der Waals surface area (Å²) in [6.45, 7) is 1.97. The van der Waals surface area contributed by atoms with Gasteiger partial charge in [-0.1, -0.05) is 41.9 Å². The molecular weight excluding hydrogens is 405 g/mol. The number of rotatable bonds is 3. The van der Waals surface area contributed by atoms with Crippen LogP contribution in [0.2, 0.25) is 0 Å². The fourth-order valence-corrected chi connectivity index (χ4v) is 5.27. The molecule has 2 atom stereocenters.